The van der Waals surface area contributed by atoms with Gasteiger partial charge in [0.05, 0.1) is 11.9 Å². The summed E-state index contributed by atoms with van der Waals surface area (Å²) in [5.74, 6) is 0.737. The van der Waals surface area contributed by atoms with Gasteiger partial charge in [0.25, 0.3) is 11.5 Å². The SMILES string of the molecule is C[C@H]1[C@H]2C[C@H](C[C@H]1Nc1cnn(CC(=O)NCc3ccnc(C(N)=O)c3)c(=O)c1Cl)C2(C)C. The molecule has 3 aliphatic carbocycles. The Balaban J connectivity index is 1.37. The van der Waals surface area contributed by atoms with E-state index in [9.17, 15) is 14.4 Å². The summed E-state index contributed by atoms with van der Waals surface area (Å²) in [7, 11) is 0. The van der Waals surface area contributed by atoms with Crippen molar-refractivity contribution < 1.29 is 9.59 Å². The summed E-state index contributed by atoms with van der Waals surface area (Å²) in [6, 6.07) is 3.40. The molecule has 2 heterocycles. The van der Waals surface area contributed by atoms with Crippen molar-refractivity contribution in [3.8, 4) is 0 Å². The maximum Gasteiger partial charge on any atom is 0.288 e. The number of nitrogens with two attached hydrogens (primary N) is 1. The molecule has 10 heteroatoms. The molecule has 5 rings (SSSR count). The zero-order valence-corrected chi connectivity index (χ0v) is 19.7. The van der Waals surface area contributed by atoms with Crippen molar-refractivity contribution in [2.45, 2.75) is 52.7 Å². The standard InChI is InChI=1S/C23H29ClN6O3/c1-12-15-7-14(23(15,2)3)8-16(12)29-18-10-28-30(22(33)20(18)24)11-19(31)27-9-13-4-5-26-17(6-13)21(25)32/h4-6,10,12,14-16,29H,7-9,11H2,1-3H3,(H2,25,32)(H,27,31)/t12-,14+,15+,16+/m0/s1. The van der Waals surface area contributed by atoms with Gasteiger partial charge >= 0.3 is 0 Å². The third-order valence-electron chi connectivity index (χ3n) is 7.54. The molecule has 176 valence electrons. The van der Waals surface area contributed by atoms with Crippen molar-refractivity contribution in [1.29, 1.82) is 0 Å². The minimum atomic E-state index is -0.648. The molecule has 33 heavy (non-hydrogen) atoms. The number of nitrogens with one attached hydrogen (secondary N) is 2. The van der Waals surface area contributed by atoms with Crippen molar-refractivity contribution in [2.75, 3.05) is 5.32 Å². The second-order valence-corrected chi connectivity index (χ2v) is 10.1. The summed E-state index contributed by atoms with van der Waals surface area (Å²) < 4.78 is 1.04. The van der Waals surface area contributed by atoms with Crippen LogP contribution >= 0.6 is 11.6 Å². The lowest BCUT2D eigenvalue weighted by molar-refractivity contribution is -0.122. The Hall–Kier alpha value is -2.94. The molecule has 0 radical (unpaired) electrons. The lowest BCUT2D eigenvalue weighted by atomic mass is 9.45. The van der Waals surface area contributed by atoms with Gasteiger partial charge in [-0.15, -0.1) is 0 Å². The molecule has 2 aromatic heterocycles. The van der Waals surface area contributed by atoms with E-state index < -0.39 is 17.4 Å². The van der Waals surface area contributed by atoms with E-state index in [1.165, 1.54) is 24.9 Å². The number of nitrogens with zero attached hydrogens (tertiary/aromatic N) is 3. The smallest absolute Gasteiger partial charge is 0.288 e. The Kier molecular flexibility index (Phi) is 6.18. The molecule has 0 aromatic carbocycles. The Labute approximate surface area is 197 Å². The molecule has 0 aliphatic heterocycles. The number of hydrogen-bond donors (Lipinski definition) is 3. The molecule has 0 unspecified atom stereocenters. The van der Waals surface area contributed by atoms with Crippen LogP contribution in [0.1, 0.15) is 49.7 Å². The number of fused-ring (bicyclic) bond motifs is 2. The van der Waals surface area contributed by atoms with Gasteiger partial charge in [0.2, 0.25) is 5.91 Å². The number of amides is 2. The van der Waals surface area contributed by atoms with Crippen LogP contribution in [-0.2, 0) is 17.9 Å². The number of anilines is 1. The summed E-state index contributed by atoms with van der Waals surface area (Å²) in [5.41, 5.74) is 6.34. The van der Waals surface area contributed by atoms with Crippen molar-refractivity contribution in [3.63, 3.8) is 0 Å². The van der Waals surface area contributed by atoms with Crippen LogP contribution < -0.4 is 21.9 Å². The van der Waals surface area contributed by atoms with Gasteiger partial charge in [-0.2, -0.15) is 5.10 Å². The van der Waals surface area contributed by atoms with Crippen molar-refractivity contribution in [1.82, 2.24) is 20.1 Å². The second-order valence-electron chi connectivity index (χ2n) is 9.73. The normalized spacial score (nSPS) is 25.1. The Morgan fingerprint density at radius 1 is 1.33 bits per heavy atom. The zero-order valence-electron chi connectivity index (χ0n) is 19.0. The molecule has 2 aromatic rings. The van der Waals surface area contributed by atoms with Gasteiger partial charge in [-0.3, -0.25) is 19.4 Å². The van der Waals surface area contributed by atoms with Crippen molar-refractivity contribution in [2.24, 2.45) is 28.9 Å². The van der Waals surface area contributed by atoms with Crippen LogP contribution in [0.5, 0.6) is 0 Å². The maximum atomic E-state index is 12.7. The summed E-state index contributed by atoms with van der Waals surface area (Å²) in [6.45, 7) is 6.81. The Bertz CT molecular complexity index is 1150. The number of primary amides is 1. The first-order valence-corrected chi connectivity index (χ1v) is 11.5. The minimum Gasteiger partial charge on any atom is -0.379 e. The van der Waals surface area contributed by atoms with E-state index in [0.29, 0.717) is 34.4 Å². The number of pyridine rings is 1. The molecule has 2 bridgehead atoms. The highest BCUT2D eigenvalue weighted by Gasteiger charge is 2.56. The van der Waals surface area contributed by atoms with Crippen LogP contribution in [0.25, 0.3) is 0 Å². The van der Waals surface area contributed by atoms with E-state index in [1.807, 2.05) is 0 Å². The topological polar surface area (TPSA) is 132 Å². The van der Waals surface area contributed by atoms with E-state index in [2.05, 4.69) is 41.5 Å². The average molecular weight is 473 g/mol. The summed E-state index contributed by atoms with van der Waals surface area (Å²) in [4.78, 5) is 40.1. The number of hydrogen-bond acceptors (Lipinski definition) is 6. The fourth-order valence-electron chi connectivity index (χ4n) is 5.33. The van der Waals surface area contributed by atoms with Crippen LogP contribution in [0, 0.1) is 23.2 Å². The highest BCUT2D eigenvalue weighted by atomic mass is 35.5. The van der Waals surface area contributed by atoms with Gasteiger partial charge in [-0.05, 0) is 53.7 Å². The maximum absolute atomic E-state index is 12.7. The number of carbonyl (C=O) groups excluding carboxylic acids is 2. The average Bonchev–Trinajstić information content (AvgIpc) is 2.78. The molecule has 4 N–H and O–H groups in total. The lowest BCUT2D eigenvalue weighted by Gasteiger charge is -2.62. The van der Waals surface area contributed by atoms with Gasteiger partial charge in [0, 0.05) is 18.8 Å². The van der Waals surface area contributed by atoms with Crippen LogP contribution in [0.15, 0.2) is 29.3 Å². The fourth-order valence-corrected chi connectivity index (χ4v) is 5.53. The van der Waals surface area contributed by atoms with Gasteiger partial charge in [0.1, 0.15) is 17.3 Å². The second kappa shape index (κ2) is 8.78. The van der Waals surface area contributed by atoms with Gasteiger partial charge in [0.15, 0.2) is 0 Å². The molecule has 0 spiro atoms. The third kappa shape index (κ3) is 4.46. The van der Waals surface area contributed by atoms with Gasteiger partial charge in [-0.25, -0.2) is 4.68 Å². The van der Waals surface area contributed by atoms with Crippen LogP contribution in [-0.4, -0.2) is 32.6 Å². The Morgan fingerprint density at radius 3 is 2.76 bits per heavy atom. The predicted octanol–water partition coefficient (Wildman–Crippen LogP) is 2.19. The number of aromatic nitrogens is 3. The summed E-state index contributed by atoms with van der Waals surface area (Å²) in [5, 5.41) is 10.3. The quantitative estimate of drug-likeness (QED) is 0.565. The largest absolute Gasteiger partial charge is 0.379 e. The molecule has 0 saturated heterocycles. The van der Waals surface area contributed by atoms with Crippen molar-refractivity contribution in [3.05, 3.63) is 51.2 Å². The molecular formula is C23H29ClN6O3. The summed E-state index contributed by atoms with van der Waals surface area (Å²) >= 11 is 6.35. The molecular weight excluding hydrogens is 444 g/mol. The predicted molar refractivity (Wildman–Crippen MR) is 125 cm³/mol. The van der Waals surface area contributed by atoms with Crippen LogP contribution in [0.2, 0.25) is 5.02 Å². The van der Waals surface area contributed by atoms with E-state index in [-0.39, 0.29) is 29.8 Å². The van der Waals surface area contributed by atoms with Crippen LogP contribution in [0.4, 0.5) is 5.69 Å². The minimum absolute atomic E-state index is 0.0312. The third-order valence-corrected chi connectivity index (χ3v) is 7.91. The monoisotopic (exact) mass is 472 g/mol. The first-order valence-electron chi connectivity index (χ1n) is 11.1. The molecule has 3 fully saturated rings. The van der Waals surface area contributed by atoms with E-state index in [0.717, 1.165) is 11.1 Å². The molecule has 3 aliphatic rings. The fraction of sp³-hybridized carbons (Fsp3) is 0.522. The van der Waals surface area contributed by atoms with E-state index in [1.54, 1.807) is 6.07 Å². The molecule has 4 atom stereocenters. The van der Waals surface area contributed by atoms with E-state index in [4.69, 9.17) is 17.3 Å². The van der Waals surface area contributed by atoms with Crippen LogP contribution in [0.3, 0.4) is 0 Å². The number of rotatable bonds is 7. The first kappa shape index (κ1) is 23.2. The highest BCUT2D eigenvalue weighted by Crippen LogP contribution is 2.61. The van der Waals surface area contributed by atoms with Gasteiger partial charge < -0.3 is 16.4 Å². The molecule has 2 amide bonds. The Morgan fingerprint density at radius 2 is 2.09 bits per heavy atom. The highest BCUT2D eigenvalue weighted by molar-refractivity contribution is 6.32. The van der Waals surface area contributed by atoms with Crippen molar-refractivity contribution >= 4 is 29.1 Å². The number of halogens is 1. The zero-order chi connectivity index (χ0) is 23.9. The summed E-state index contributed by atoms with van der Waals surface area (Å²) in [6.07, 6.45) is 5.26. The number of carbonyl (C=O) groups is 2. The lowest BCUT2D eigenvalue weighted by Crippen LogP contribution is -2.58. The van der Waals surface area contributed by atoms with E-state index >= 15 is 0 Å². The first-order chi connectivity index (χ1) is 15.6. The molecule has 9 nitrogen and oxygen atoms in total. The molecule has 3 saturated carbocycles. The van der Waals surface area contributed by atoms with Gasteiger partial charge in [-0.1, -0.05) is 32.4 Å².